The largest absolute Gasteiger partial charge is 0.375 e. The highest BCUT2D eigenvalue weighted by Gasteiger charge is 2.57. The monoisotopic (exact) mass is 396 g/mol. The Morgan fingerprint density at radius 3 is 2.17 bits per heavy atom. The summed E-state index contributed by atoms with van der Waals surface area (Å²) in [6, 6.07) is 6.63. The van der Waals surface area contributed by atoms with Crippen molar-refractivity contribution < 1.29 is 9.72 Å². The quantitative estimate of drug-likeness (QED) is 0.498. The van der Waals surface area contributed by atoms with Gasteiger partial charge in [0.1, 0.15) is 0 Å². The summed E-state index contributed by atoms with van der Waals surface area (Å²) in [6.07, 6.45) is 5.56. The van der Waals surface area contributed by atoms with Crippen LogP contribution in [0.15, 0.2) is 35.4 Å². The number of rotatable bonds is 3. The Hall–Kier alpha value is -2.17. The Morgan fingerprint density at radius 2 is 1.55 bits per heavy atom. The molecule has 4 rings (SSSR count). The predicted molar refractivity (Wildman–Crippen MR) is 115 cm³/mol. The molecule has 1 saturated carbocycles. The Balaban J connectivity index is 1.81. The molecule has 1 N–H and O–H groups in total. The lowest BCUT2D eigenvalue weighted by Gasteiger charge is -2.59. The van der Waals surface area contributed by atoms with Crippen LogP contribution in [0.3, 0.4) is 0 Å². The summed E-state index contributed by atoms with van der Waals surface area (Å²) >= 11 is 0. The number of nitro groups is 1. The fourth-order valence-electron chi connectivity index (χ4n) is 7.00. The Kier molecular flexibility index (Phi) is 4.28. The molecule has 0 heterocycles. The molecule has 0 unspecified atom stereocenters. The lowest BCUT2D eigenvalue weighted by molar-refractivity contribution is -0.384. The van der Waals surface area contributed by atoms with Crippen LogP contribution in [0.25, 0.3) is 0 Å². The standard InChI is InChI=1S/C24H32N2O3/c1-21(2)10-16-11-23(5)13-22(3,4)14-24(15-23,20(16)19(27)12-21)25-17-6-8-18(9-7-17)26(28)29/h6-9,25H,10-15H2,1-5H3/t23-,24+/m0/s1. The zero-order valence-corrected chi connectivity index (χ0v) is 18.2. The van der Waals surface area contributed by atoms with Crippen molar-refractivity contribution in [1.82, 2.24) is 0 Å². The van der Waals surface area contributed by atoms with Crippen LogP contribution in [0.4, 0.5) is 11.4 Å². The number of nitro benzene ring substituents is 1. The molecule has 2 bridgehead atoms. The molecule has 2 atom stereocenters. The Labute approximate surface area is 173 Å². The summed E-state index contributed by atoms with van der Waals surface area (Å²) in [5.74, 6) is 0.283. The highest BCUT2D eigenvalue weighted by molar-refractivity contribution is 6.00. The molecule has 1 aromatic rings. The van der Waals surface area contributed by atoms with Gasteiger partial charge in [-0.05, 0) is 60.5 Å². The van der Waals surface area contributed by atoms with Gasteiger partial charge >= 0.3 is 0 Å². The molecule has 0 radical (unpaired) electrons. The molecule has 3 aliphatic carbocycles. The second kappa shape index (κ2) is 6.16. The first-order valence-corrected chi connectivity index (χ1v) is 10.6. The van der Waals surface area contributed by atoms with Crippen LogP contribution >= 0.6 is 0 Å². The van der Waals surface area contributed by atoms with E-state index in [2.05, 4.69) is 39.9 Å². The molecule has 5 heteroatoms. The number of carbonyl (C=O) groups excluding carboxylic acids is 1. The molecular weight excluding hydrogens is 364 g/mol. The molecule has 0 spiro atoms. The average Bonchev–Trinajstić information content (AvgIpc) is 2.49. The van der Waals surface area contributed by atoms with Crippen LogP contribution in [0, 0.1) is 26.4 Å². The number of anilines is 1. The molecule has 3 aliphatic rings. The molecule has 5 nitrogen and oxygen atoms in total. The van der Waals surface area contributed by atoms with Crippen molar-refractivity contribution in [2.45, 2.75) is 78.7 Å². The van der Waals surface area contributed by atoms with Gasteiger partial charge in [0.25, 0.3) is 5.69 Å². The van der Waals surface area contributed by atoms with E-state index < -0.39 is 5.54 Å². The van der Waals surface area contributed by atoms with E-state index in [1.165, 1.54) is 17.7 Å². The van der Waals surface area contributed by atoms with E-state index in [-0.39, 0.29) is 32.6 Å². The number of hydrogen-bond donors (Lipinski definition) is 1. The van der Waals surface area contributed by atoms with Gasteiger partial charge in [-0.1, -0.05) is 40.2 Å². The third-order valence-corrected chi connectivity index (χ3v) is 6.96. The number of hydrogen-bond acceptors (Lipinski definition) is 4. The average molecular weight is 397 g/mol. The first-order chi connectivity index (χ1) is 13.3. The van der Waals surface area contributed by atoms with Crippen LogP contribution in [0.2, 0.25) is 0 Å². The van der Waals surface area contributed by atoms with Crippen molar-refractivity contribution in [2.24, 2.45) is 16.2 Å². The molecule has 1 fully saturated rings. The van der Waals surface area contributed by atoms with Gasteiger partial charge in [-0.25, -0.2) is 0 Å². The minimum atomic E-state index is -0.395. The van der Waals surface area contributed by atoms with Gasteiger partial charge in [-0.2, -0.15) is 0 Å². The van der Waals surface area contributed by atoms with Crippen LogP contribution in [-0.2, 0) is 4.79 Å². The van der Waals surface area contributed by atoms with Gasteiger partial charge in [0.05, 0.1) is 10.5 Å². The van der Waals surface area contributed by atoms with Gasteiger partial charge in [0.2, 0.25) is 0 Å². The molecule has 0 saturated heterocycles. The minimum absolute atomic E-state index is 0.0159. The number of non-ortho nitro benzene ring substituents is 1. The Bertz CT molecular complexity index is 913. The maximum Gasteiger partial charge on any atom is 0.269 e. The first kappa shape index (κ1) is 20.1. The molecule has 1 aromatic carbocycles. The molecule has 29 heavy (non-hydrogen) atoms. The van der Waals surface area contributed by atoms with E-state index in [0.717, 1.165) is 43.4 Å². The number of carbonyl (C=O) groups is 1. The zero-order chi connectivity index (χ0) is 21.2. The van der Waals surface area contributed by atoms with Gasteiger partial charge in [0, 0.05) is 29.8 Å². The number of benzene rings is 1. The summed E-state index contributed by atoms with van der Waals surface area (Å²) in [7, 11) is 0. The van der Waals surface area contributed by atoms with Crippen molar-refractivity contribution in [2.75, 3.05) is 5.32 Å². The zero-order valence-electron chi connectivity index (χ0n) is 18.2. The SMILES string of the molecule is CC1(C)CC(=O)C2=C(C1)C[C@@]1(C)CC(C)(C)C[C@@]2(Nc2ccc([N+](=O)[O-])cc2)C1. The van der Waals surface area contributed by atoms with Gasteiger partial charge in [0.15, 0.2) is 5.78 Å². The Morgan fingerprint density at radius 1 is 0.897 bits per heavy atom. The van der Waals surface area contributed by atoms with Gasteiger partial charge in [-0.3, -0.25) is 14.9 Å². The van der Waals surface area contributed by atoms with Crippen LogP contribution < -0.4 is 5.32 Å². The van der Waals surface area contributed by atoms with Crippen molar-refractivity contribution in [3.8, 4) is 0 Å². The van der Waals surface area contributed by atoms with Crippen molar-refractivity contribution in [3.05, 3.63) is 45.5 Å². The van der Waals surface area contributed by atoms with E-state index in [4.69, 9.17) is 0 Å². The van der Waals surface area contributed by atoms with E-state index >= 15 is 0 Å². The van der Waals surface area contributed by atoms with E-state index in [9.17, 15) is 14.9 Å². The fourth-order valence-corrected chi connectivity index (χ4v) is 7.00. The summed E-state index contributed by atoms with van der Waals surface area (Å²) in [6.45, 7) is 11.4. The highest BCUT2D eigenvalue weighted by atomic mass is 16.6. The molecule has 0 aliphatic heterocycles. The fraction of sp³-hybridized carbons (Fsp3) is 0.625. The van der Waals surface area contributed by atoms with Crippen molar-refractivity contribution in [3.63, 3.8) is 0 Å². The van der Waals surface area contributed by atoms with Crippen molar-refractivity contribution in [1.29, 1.82) is 0 Å². The molecule has 0 aromatic heterocycles. The van der Waals surface area contributed by atoms with Gasteiger partial charge < -0.3 is 5.32 Å². The van der Waals surface area contributed by atoms with Crippen molar-refractivity contribution >= 4 is 17.2 Å². The topological polar surface area (TPSA) is 72.2 Å². The summed E-state index contributed by atoms with van der Waals surface area (Å²) < 4.78 is 0. The number of nitrogens with one attached hydrogen (secondary N) is 1. The third-order valence-electron chi connectivity index (χ3n) is 6.96. The molecule has 0 amide bonds. The maximum absolute atomic E-state index is 13.4. The number of ketones is 1. The number of allylic oxidation sites excluding steroid dienone is 1. The summed E-state index contributed by atoms with van der Waals surface area (Å²) in [5, 5.41) is 14.8. The highest BCUT2D eigenvalue weighted by Crippen LogP contribution is 2.62. The smallest absolute Gasteiger partial charge is 0.269 e. The maximum atomic E-state index is 13.4. The van der Waals surface area contributed by atoms with E-state index in [1.54, 1.807) is 12.1 Å². The number of nitrogens with zero attached hydrogens (tertiary/aromatic N) is 1. The summed E-state index contributed by atoms with van der Waals surface area (Å²) in [4.78, 5) is 24.1. The second-order valence-corrected chi connectivity index (χ2v) is 11.6. The lowest BCUT2D eigenvalue weighted by Crippen LogP contribution is -2.58. The second-order valence-electron chi connectivity index (χ2n) is 11.6. The van der Waals surface area contributed by atoms with E-state index in [1.807, 2.05) is 0 Å². The first-order valence-electron chi connectivity index (χ1n) is 10.6. The predicted octanol–water partition coefficient (Wildman–Crippen LogP) is 6.05. The minimum Gasteiger partial charge on any atom is -0.375 e. The van der Waals surface area contributed by atoms with Gasteiger partial charge in [-0.15, -0.1) is 0 Å². The molecular formula is C24H32N2O3. The number of Topliss-reactive ketones (excluding diaryl/α,β-unsaturated/α-hetero) is 1. The molecule has 156 valence electrons. The third kappa shape index (κ3) is 3.60. The lowest BCUT2D eigenvalue weighted by atomic mass is 9.48. The van der Waals surface area contributed by atoms with E-state index in [0.29, 0.717) is 6.42 Å². The van der Waals surface area contributed by atoms with Crippen LogP contribution in [0.5, 0.6) is 0 Å². The summed E-state index contributed by atoms with van der Waals surface area (Å²) in [5.41, 5.74) is 3.18. The number of fused-ring (bicyclic) bond motifs is 3. The normalized spacial score (nSPS) is 32.5. The van der Waals surface area contributed by atoms with Crippen LogP contribution in [-0.4, -0.2) is 16.2 Å². The van der Waals surface area contributed by atoms with Crippen LogP contribution in [0.1, 0.15) is 73.1 Å².